The van der Waals surface area contributed by atoms with Crippen molar-refractivity contribution in [2.45, 2.75) is 25.7 Å². The van der Waals surface area contributed by atoms with E-state index in [1.165, 1.54) is 0 Å². The van der Waals surface area contributed by atoms with Crippen molar-refractivity contribution in [3.63, 3.8) is 0 Å². The predicted molar refractivity (Wildman–Crippen MR) is 115 cm³/mol. The van der Waals surface area contributed by atoms with Gasteiger partial charge in [0.05, 0.1) is 27.1 Å². The molecular weight excluding hydrogens is 384 g/mol. The van der Waals surface area contributed by atoms with Crippen LogP contribution >= 0.6 is 0 Å². The van der Waals surface area contributed by atoms with Crippen molar-refractivity contribution in [2.75, 3.05) is 14.2 Å². The zero-order chi connectivity index (χ0) is 21.6. The van der Waals surface area contributed by atoms with Gasteiger partial charge in [0.15, 0.2) is 0 Å². The Balaban J connectivity index is 1.58. The molecular formula is C24H26O6. The lowest BCUT2D eigenvalue weighted by Gasteiger charge is -2.02. The van der Waals surface area contributed by atoms with Gasteiger partial charge in [0, 0.05) is 0 Å². The quantitative estimate of drug-likeness (QED) is 0.406. The monoisotopic (exact) mass is 410 g/mol. The Bertz CT molecular complexity index is 777. The third-order valence-corrected chi connectivity index (χ3v) is 4.11. The molecule has 6 nitrogen and oxygen atoms in total. The molecule has 30 heavy (non-hydrogen) atoms. The zero-order valence-corrected chi connectivity index (χ0v) is 17.2. The van der Waals surface area contributed by atoms with E-state index in [-0.39, 0.29) is 12.8 Å². The minimum atomic E-state index is -0.587. The highest BCUT2D eigenvalue weighted by Crippen LogP contribution is 2.14. The first-order chi connectivity index (χ1) is 14.6. The van der Waals surface area contributed by atoms with Gasteiger partial charge in [-0.05, 0) is 48.2 Å². The average molecular weight is 410 g/mol. The average Bonchev–Trinajstić information content (AvgIpc) is 2.79. The van der Waals surface area contributed by atoms with Crippen molar-refractivity contribution in [2.24, 2.45) is 0 Å². The summed E-state index contributed by atoms with van der Waals surface area (Å²) in [6.45, 7) is 0. The van der Waals surface area contributed by atoms with Crippen molar-refractivity contribution in [3.05, 3.63) is 71.8 Å². The number of ether oxygens (including phenoxy) is 2. The molecule has 0 fully saturated rings. The Morgan fingerprint density at radius 3 is 1.37 bits per heavy atom. The normalized spacial score (nSPS) is 10.9. The molecule has 0 radical (unpaired) electrons. The Morgan fingerprint density at radius 1 is 0.667 bits per heavy atom. The van der Waals surface area contributed by atoms with Crippen LogP contribution in [-0.2, 0) is 19.4 Å². The molecule has 2 aromatic carbocycles. The summed E-state index contributed by atoms with van der Waals surface area (Å²) in [5, 5.41) is 0. The number of carbonyl (C=O) groups excluding carboxylic acids is 2. The Hall–Kier alpha value is -3.54. The fraction of sp³-hybridized carbons (Fsp3) is 0.250. The molecule has 0 saturated carbocycles. The molecule has 0 amide bonds. The highest BCUT2D eigenvalue weighted by Gasteiger charge is 2.08. The molecule has 0 aliphatic heterocycles. The molecule has 158 valence electrons. The maximum atomic E-state index is 11.6. The van der Waals surface area contributed by atoms with Crippen molar-refractivity contribution >= 4 is 24.1 Å². The van der Waals surface area contributed by atoms with E-state index in [1.807, 2.05) is 72.8 Å². The van der Waals surface area contributed by atoms with Gasteiger partial charge in [-0.25, -0.2) is 19.4 Å². The molecule has 0 unspecified atom stereocenters. The van der Waals surface area contributed by atoms with Crippen LogP contribution in [0.5, 0.6) is 11.5 Å². The van der Waals surface area contributed by atoms with Gasteiger partial charge in [-0.15, -0.1) is 0 Å². The van der Waals surface area contributed by atoms with Gasteiger partial charge < -0.3 is 9.47 Å². The third kappa shape index (κ3) is 8.65. The lowest BCUT2D eigenvalue weighted by atomic mass is 10.2. The smallest absolute Gasteiger partial charge is 0.355 e. The number of carbonyl (C=O) groups is 2. The van der Waals surface area contributed by atoms with E-state index in [2.05, 4.69) is 9.78 Å². The molecule has 2 aromatic rings. The molecule has 0 atom stereocenters. The second-order valence-corrected chi connectivity index (χ2v) is 6.34. The van der Waals surface area contributed by atoms with Gasteiger partial charge in [-0.2, -0.15) is 0 Å². The van der Waals surface area contributed by atoms with Crippen molar-refractivity contribution in [3.8, 4) is 11.5 Å². The maximum Gasteiger partial charge on any atom is 0.355 e. The lowest BCUT2D eigenvalue weighted by molar-refractivity contribution is -0.259. The van der Waals surface area contributed by atoms with E-state index in [9.17, 15) is 9.59 Å². The number of hydrogen-bond donors (Lipinski definition) is 0. The summed E-state index contributed by atoms with van der Waals surface area (Å²) in [6.07, 6.45) is 8.71. The number of rotatable bonds is 10. The largest absolute Gasteiger partial charge is 0.497 e. The summed E-state index contributed by atoms with van der Waals surface area (Å²) in [4.78, 5) is 32.4. The molecule has 0 aliphatic carbocycles. The molecule has 2 rings (SSSR count). The second-order valence-electron chi connectivity index (χ2n) is 6.34. The third-order valence-electron chi connectivity index (χ3n) is 4.11. The summed E-state index contributed by atoms with van der Waals surface area (Å²) < 4.78 is 10.2. The van der Waals surface area contributed by atoms with Crippen LogP contribution in [0.2, 0.25) is 0 Å². The van der Waals surface area contributed by atoms with E-state index in [0.717, 1.165) is 22.6 Å². The molecule has 0 bridgehead atoms. The Kier molecular flexibility index (Phi) is 9.73. The van der Waals surface area contributed by atoms with Crippen LogP contribution in [0.1, 0.15) is 36.8 Å². The number of methoxy groups -OCH3 is 2. The number of allylic oxidation sites excluding steroid dienone is 2. The van der Waals surface area contributed by atoms with Gasteiger partial charge in [0.25, 0.3) is 0 Å². The Labute approximate surface area is 176 Å². The van der Waals surface area contributed by atoms with Gasteiger partial charge in [-0.1, -0.05) is 48.6 Å². The first-order valence-corrected chi connectivity index (χ1v) is 9.62. The summed E-state index contributed by atoms with van der Waals surface area (Å²) in [7, 11) is 3.23. The van der Waals surface area contributed by atoms with E-state index in [1.54, 1.807) is 14.2 Å². The summed E-state index contributed by atoms with van der Waals surface area (Å²) in [5.74, 6) is 0.399. The van der Waals surface area contributed by atoms with Crippen LogP contribution in [0.3, 0.4) is 0 Å². The van der Waals surface area contributed by atoms with E-state index >= 15 is 0 Å². The highest BCUT2D eigenvalue weighted by molar-refractivity contribution is 5.73. The van der Waals surface area contributed by atoms with Crippen LogP contribution in [0, 0.1) is 0 Å². The lowest BCUT2D eigenvalue weighted by Crippen LogP contribution is -2.10. The molecule has 0 aromatic heterocycles. The molecule has 0 aliphatic rings. The SMILES string of the molecule is COc1ccc(C=CCCC(=O)OOC(=O)CCC=Cc2ccc(OC)cc2)cc1. The zero-order valence-electron chi connectivity index (χ0n) is 17.2. The van der Waals surface area contributed by atoms with Gasteiger partial charge in [0.2, 0.25) is 0 Å². The standard InChI is InChI=1S/C24H26O6/c1-27-21-15-11-19(12-16-21)7-3-5-9-23(25)29-30-24(26)10-6-4-8-20-13-17-22(28-2)18-14-20/h3-4,7-8,11-18H,5-6,9-10H2,1-2H3. The fourth-order valence-electron chi connectivity index (χ4n) is 2.45. The van der Waals surface area contributed by atoms with Crippen molar-refractivity contribution in [1.82, 2.24) is 0 Å². The predicted octanol–water partition coefficient (Wildman–Crippen LogP) is 4.99. The van der Waals surface area contributed by atoms with Crippen LogP contribution in [0.25, 0.3) is 12.2 Å². The van der Waals surface area contributed by atoms with Crippen molar-refractivity contribution < 1.29 is 28.8 Å². The second kappa shape index (κ2) is 12.8. The summed E-state index contributed by atoms with van der Waals surface area (Å²) in [5.41, 5.74) is 2.00. The van der Waals surface area contributed by atoms with Crippen LogP contribution < -0.4 is 9.47 Å². The minimum absolute atomic E-state index is 0.122. The molecule has 0 N–H and O–H groups in total. The van der Waals surface area contributed by atoms with Crippen molar-refractivity contribution in [1.29, 1.82) is 0 Å². The molecule has 0 saturated heterocycles. The topological polar surface area (TPSA) is 71.1 Å². The number of benzene rings is 2. The summed E-state index contributed by atoms with van der Waals surface area (Å²) in [6, 6.07) is 15.1. The molecule has 0 heterocycles. The van der Waals surface area contributed by atoms with Crippen LogP contribution in [0.15, 0.2) is 60.7 Å². The van der Waals surface area contributed by atoms with Gasteiger partial charge in [0.1, 0.15) is 11.5 Å². The maximum absolute atomic E-state index is 11.6. The first kappa shape index (κ1) is 22.7. The van der Waals surface area contributed by atoms with E-state index in [0.29, 0.717) is 12.8 Å². The molecule has 0 spiro atoms. The van der Waals surface area contributed by atoms with Gasteiger partial charge >= 0.3 is 11.9 Å². The Morgan fingerprint density at radius 2 is 1.03 bits per heavy atom. The summed E-state index contributed by atoms with van der Waals surface area (Å²) >= 11 is 0. The highest BCUT2D eigenvalue weighted by atomic mass is 17.2. The minimum Gasteiger partial charge on any atom is -0.497 e. The fourth-order valence-corrected chi connectivity index (χ4v) is 2.45. The van der Waals surface area contributed by atoms with E-state index < -0.39 is 11.9 Å². The molecule has 6 heteroatoms. The van der Waals surface area contributed by atoms with Crippen LogP contribution in [-0.4, -0.2) is 26.2 Å². The van der Waals surface area contributed by atoms with Gasteiger partial charge in [-0.3, -0.25) is 0 Å². The number of hydrogen-bond acceptors (Lipinski definition) is 6. The first-order valence-electron chi connectivity index (χ1n) is 9.62. The van der Waals surface area contributed by atoms with Crippen LogP contribution in [0.4, 0.5) is 0 Å². The van der Waals surface area contributed by atoms with E-state index in [4.69, 9.17) is 9.47 Å².